The fourth-order valence-electron chi connectivity index (χ4n) is 2.00. The Bertz CT molecular complexity index is 505. The number of hydrogen-bond acceptors (Lipinski definition) is 3. The Hall–Kier alpha value is -1.46. The lowest BCUT2D eigenvalue weighted by atomic mass is 9.92. The minimum atomic E-state index is -0.683. The van der Waals surface area contributed by atoms with Gasteiger partial charge in [0, 0.05) is 0 Å². The van der Waals surface area contributed by atoms with E-state index in [1.54, 1.807) is 12.1 Å². The van der Waals surface area contributed by atoms with Crippen molar-refractivity contribution in [1.82, 2.24) is 5.32 Å². The van der Waals surface area contributed by atoms with Gasteiger partial charge in [-0.05, 0) is 30.3 Å². The zero-order valence-corrected chi connectivity index (χ0v) is 12.3. The molecule has 1 saturated heterocycles. The van der Waals surface area contributed by atoms with E-state index in [2.05, 4.69) is 5.32 Å². The molecule has 6 heteroatoms. The van der Waals surface area contributed by atoms with Crippen LogP contribution in [0.25, 0.3) is 0 Å². The van der Waals surface area contributed by atoms with Gasteiger partial charge in [-0.3, -0.25) is 14.5 Å². The number of nitrogens with one attached hydrogen (secondary N) is 1. The van der Waals surface area contributed by atoms with Crippen LogP contribution in [0.4, 0.5) is 5.69 Å². The summed E-state index contributed by atoms with van der Waals surface area (Å²) in [6.45, 7) is 3.69. The van der Waals surface area contributed by atoms with E-state index in [1.807, 2.05) is 32.0 Å². The molecule has 1 aliphatic heterocycles. The van der Waals surface area contributed by atoms with Gasteiger partial charge >= 0.3 is 0 Å². The zero-order valence-electron chi connectivity index (χ0n) is 10.6. The van der Waals surface area contributed by atoms with Gasteiger partial charge in [-0.2, -0.15) is 0 Å². The summed E-state index contributed by atoms with van der Waals surface area (Å²) in [6, 6.07) is 9.09. The molecule has 1 N–H and O–H groups in total. The fraction of sp³-hybridized carbons (Fsp3) is 0.308. The van der Waals surface area contributed by atoms with Crippen molar-refractivity contribution in [2.24, 2.45) is 11.8 Å². The van der Waals surface area contributed by atoms with Gasteiger partial charge in [0.1, 0.15) is 5.92 Å². The number of nitrogens with zero attached hydrogens (tertiary/aromatic N) is 1. The standard InChI is InChI=1S/C13H14N2O2S.ClH/c1-8(2)10-11(16)14-13(18)15(12(10)17)9-6-4-3-5-7-9;/h3-8,10H,1-2H3,(H,14,16,18);1H. The van der Waals surface area contributed by atoms with E-state index >= 15 is 0 Å². The number of anilines is 1. The quantitative estimate of drug-likeness (QED) is 0.672. The maximum atomic E-state index is 12.4. The van der Waals surface area contributed by atoms with Crippen molar-refractivity contribution < 1.29 is 9.59 Å². The maximum absolute atomic E-state index is 12.4. The zero-order chi connectivity index (χ0) is 13.3. The van der Waals surface area contributed by atoms with Crippen LogP contribution >= 0.6 is 24.6 Å². The molecule has 1 atom stereocenters. The van der Waals surface area contributed by atoms with Crippen LogP contribution in [-0.4, -0.2) is 16.9 Å². The van der Waals surface area contributed by atoms with Gasteiger partial charge in [0.05, 0.1) is 5.69 Å². The Morgan fingerprint density at radius 2 is 1.79 bits per heavy atom. The highest BCUT2D eigenvalue weighted by Crippen LogP contribution is 2.24. The summed E-state index contributed by atoms with van der Waals surface area (Å²) in [5.74, 6) is -1.32. The normalized spacial score (nSPS) is 19.2. The summed E-state index contributed by atoms with van der Waals surface area (Å²) >= 11 is 5.08. The Morgan fingerprint density at radius 3 is 2.32 bits per heavy atom. The Morgan fingerprint density at radius 1 is 1.21 bits per heavy atom. The summed E-state index contributed by atoms with van der Waals surface area (Å²) in [4.78, 5) is 25.5. The topological polar surface area (TPSA) is 49.4 Å². The molecule has 1 unspecified atom stereocenters. The SMILES string of the molecule is CC(C)C1C(=O)NC(=S)N(c2ccccc2)C1=O.Cl. The number of carbonyl (C=O) groups excluding carboxylic acids is 2. The van der Waals surface area contributed by atoms with Crippen LogP contribution in [0, 0.1) is 11.8 Å². The molecule has 4 nitrogen and oxygen atoms in total. The molecule has 0 aromatic heterocycles. The average molecular weight is 299 g/mol. The third-order valence-electron chi connectivity index (χ3n) is 2.88. The van der Waals surface area contributed by atoms with E-state index in [1.165, 1.54) is 4.90 Å². The van der Waals surface area contributed by atoms with Gasteiger partial charge in [-0.1, -0.05) is 32.0 Å². The minimum absolute atomic E-state index is 0. The van der Waals surface area contributed by atoms with Gasteiger partial charge in [0.2, 0.25) is 11.8 Å². The summed E-state index contributed by atoms with van der Waals surface area (Å²) in [5.41, 5.74) is 0.679. The van der Waals surface area contributed by atoms with Crippen LogP contribution in [0.2, 0.25) is 0 Å². The molecule has 2 amide bonds. The smallest absolute Gasteiger partial charge is 0.246 e. The van der Waals surface area contributed by atoms with Crippen molar-refractivity contribution in [2.75, 3.05) is 4.90 Å². The Balaban J connectivity index is 0.00000180. The first kappa shape index (κ1) is 15.6. The second-order valence-electron chi connectivity index (χ2n) is 4.53. The lowest BCUT2D eigenvalue weighted by molar-refractivity contribution is -0.135. The highest BCUT2D eigenvalue weighted by molar-refractivity contribution is 7.80. The molecule has 1 aromatic carbocycles. The molecule has 0 radical (unpaired) electrons. The highest BCUT2D eigenvalue weighted by Gasteiger charge is 2.40. The number of amides is 2. The van der Waals surface area contributed by atoms with Gasteiger partial charge in [0.25, 0.3) is 0 Å². The number of carbonyl (C=O) groups is 2. The highest BCUT2D eigenvalue weighted by atomic mass is 35.5. The van der Waals surface area contributed by atoms with Gasteiger partial charge in [0.15, 0.2) is 5.11 Å². The summed E-state index contributed by atoms with van der Waals surface area (Å²) in [7, 11) is 0. The third-order valence-corrected chi connectivity index (χ3v) is 3.17. The molecule has 2 rings (SSSR count). The van der Waals surface area contributed by atoms with E-state index in [4.69, 9.17) is 12.2 Å². The maximum Gasteiger partial charge on any atom is 0.246 e. The van der Waals surface area contributed by atoms with Crippen LogP contribution in [-0.2, 0) is 9.59 Å². The molecule has 0 saturated carbocycles. The number of para-hydroxylation sites is 1. The molecule has 0 bridgehead atoms. The van der Waals surface area contributed by atoms with Crippen LogP contribution in [0.5, 0.6) is 0 Å². The van der Waals surface area contributed by atoms with Crippen molar-refractivity contribution in [2.45, 2.75) is 13.8 Å². The predicted octanol–water partition coefficient (Wildman–Crippen LogP) is 2.13. The van der Waals surface area contributed by atoms with Crippen molar-refractivity contribution in [3.8, 4) is 0 Å². The van der Waals surface area contributed by atoms with E-state index in [-0.39, 0.29) is 35.3 Å². The first-order valence-corrected chi connectivity index (χ1v) is 6.17. The van der Waals surface area contributed by atoms with Crippen molar-refractivity contribution in [3.05, 3.63) is 30.3 Å². The molecule has 1 aromatic rings. The largest absolute Gasteiger partial charge is 0.302 e. The number of halogens is 1. The van der Waals surface area contributed by atoms with E-state index in [9.17, 15) is 9.59 Å². The predicted molar refractivity (Wildman–Crippen MR) is 80.2 cm³/mol. The van der Waals surface area contributed by atoms with Gasteiger partial charge in [-0.25, -0.2) is 0 Å². The molecule has 0 aliphatic carbocycles. The van der Waals surface area contributed by atoms with Crippen molar-refractivity contribution in [3.63, 3.8) is 0 Å². The molecule has 102 valence electrons. The van der Waals surface area contributed by atoms with Gasteiger partial charge < -0.3 is 5.32 Å². The second-order valence-corrected chi connectivity index (χ2v) is 4.91. The van der Waals surface area contributed by atoms with Crippen LogP contribution < -0.4 is 10.2 Å². The minimum Gasteiger partial charge on any atom is -0.302 e. The lowest BCUT2D eigenvalue weighted by Gasteiger charge is -2.33. The number of hydrogen-bond donors (Lipinski definition) is 1. The molecule has 1 aliphatic rings. The van der Waals surface area contributed by atoms with Crippen LogP contribution in [0.3, 0.4) is 0 Å². The molecular formula is C13H15ClN2O2S. The first-order valence-electron chi connectivity index (χ1n) is 5.76. The molecule has 1 fully saturated rings. The summed E-state index contributed by atoms with van der Waals surface area (Å²) < 4.78 is 0. The molecule has 1 heterocycles. The van der Waals surface area contributed by atoms with Gasteiger partial charge in [-0.15, -0.1) is 12.4 Å². The fourth-order valence-corrected chi connectivity index (χ4v) is 2.30. The van der Waals surface area contributed by atoms with E-state index < -0.39 is 5.92 Å². The molecule has 0 spiro atoms. The average Bonchev–Trinajstić information content (AvgIpc) is 2.28. The van der Waals surface area contributed by atoms with E-state index in [0.717, 1.165) is 0 Å². The first-order chi connectivity index (χ1) is 8.52. The van der Waals surface area contributed by atoms with E-state index in [0.29, 0.717) is 5.69 Å². The van der Waals surface area contributed by atoms with Crippen molar-refractivity contribution in [1.29, 1.82) is 0 Å². The molecule has 19 heavy (non-hydrogen) atoms. The van der Waals surface area contributed by atoms with Crippen LogP contribution in [0.1, 0.15) is 13.8 Å². The summed E-state index contributed by atoms with van der Waals surface area (Å²) in [5, 5.41) is 2.73. The second kappa shape index (κ2) is 6.12. The number of thiocarbonyl (C=S) groups is 1. The number of benzene rings is 1. The molecular weight excluding hydrogens is 284 g/mol. The Kier molecular flexibility index (Phi) is 5.03. The third kappa shape index (κ3) is 2.93. The Labute approximate surface area is 123 Å². The number of rotatable bonds is 2. The van der Waals surface area contributed by atoms with Crippen molar-refractivity contribution >= 4 is 47.2 Å². The lowest BCUT2D eigenvalue weighted by Crippen LogP contribution is -2.59. The monoisotopic (exact) mass is 298 g/mol. The van der Waals surface area contributed by atoms with Crippen LogP contribution in [0.15, 0.2) is 30.3 Å². The summed E-state index contributed by atoms with van der Waals surface area (Å²) in [6.07, 6.45) is 0.